The van der Waals surface area contributed by atoms with Gasteiger partial charge in [0, 0.05) is 18.8 Å². The molecule has 0 aromatic carbocycles. The van der Waals surface area contributed by atoms with Crippen molar-refractivity contribution in [1.82, 2.24) is 10.3 Å². The number of nitriles is 1. The Morgan fingerprint density at radius 1 is 1.50 bits per heavy atom. The third-order valence-electron chi connectivity index (χ3n) is 4.26. The van der Waals surface area contributed by atoms with E-state index in [2.05, 4.69) is 30.2 Å². The molecular weight excluding hydrogens is 222 g/mol. The first-order valence-electron chi connectivity index (χ1n) is 6.83. The molecule has 1 aromatic rings. The summed E-state index contributed by atoms with van der Waals surface area (Å²) in [4.78, 5) is 3.99. The molecule has 1 fully saturated rings. The Labute approximate surface area is 109 Å². The fourth-order valence-electron chi connectivity index (χ4n) is 3.01. The largest absolute Gasteiger partial charge is 0.310 e. The van der Waals surface area contributed by atoms with E-state index >= 15 is 0 Å². The molecule has 0 aliphatic heterocycles. The predicted molar refractivity (Wildman–Crippen MR) is 71.8 cm³/mol. The van der Waals surface area contributed by atoms with Crippen LogP contribution in [0, 0.1) is 23.2 Å². The van der Waals surface area contributed by atoms with Gasteiger partial charge >= 0.3 is 0 Å². The molecule has 3 nitrogen and oxygen atoms in total. The maximum absolute atomic E-state index is 8.82. The summed E-state index contributed by atoms with van der Waals surface area (Å²) in [6.45, 7) is 5.47. The summed E-state index contributed by atoms with van der Waals surface area (Å²) >= 11 is 0. The maximum atomic E-state index is 8.82. The number of pyridine rings is 1. The summed E-state index contributed by atoms with van der Waals surface area (Å²) in [5, 5.41) is 12.4. The van der Waals surface area contributed by atoms with E-state index in [0.717, 1.165) is 23.9 Å². The highest BCUT2D eigenvalue weighted by atomic mass is 14.9. The molecule has 1 aliphatic carbocycles. The van der Waals surface area contributed by atoms with Crippen molar-refractivity contribution in [3.8, 4) is 6.07 Å². The fraction of sp³-hybridized carbons (Fsp3) is 0.600. The van der Waals surface area contributed by atoms with Crippen molar-refractivity contribution in [1.29, 1.82) is 5.26 Å². The van der Waals surface area contributed by atoms with Crippen LogP contribution in [0.25, 0.3) is 0 Å². The minimum absolute atomic E-state index is 0.500. The molecule has 1 aromatic heterocycles. The third kappa shape index (κ3) is 2.88. The van der Waals surface area contributed by atoms with Crippen LogP contribution in [0.3, 0.4) is 0 Å². The molecule has 1 saturated carbocycles. The summed E-state index contributed by atoms with van der Waals surface area (Å²) in [7, 11) is 0. The van der Waals surface area contributed by atoms with E-state index in [9.17, 15) is 0 Å². The molecule has 3 atom stereocenters. The zero-order chi connectivity index (χ0) is 13.0. The normalized spacial score (nSPS) is 27.1. The van der Waals surface area contributed by atoms with Gasteiger partial charge in [-0.2, -0.15) is 5.26 Å². The first kappa shape index (κ1) is 13.0. The topological polar surface area (TPSA) is 48.7 Å². The lowest BCUT2D eigenvalue weighted by atomic mass is 9.93. The molecule has 0 saturated heterocycles. The molecule has 0 radical (unpaired) electrons. The summed E-state index contributed by atoms with van der Waals surface area (Å²) in [5.41, 5.74) is 1.65. The SMILES string of the molecule is CCC1CCC(NCc2ccnc(C#N)c2)C1C. The molecule has 3 heteroatoms. The summed E-state index contributed by atoms with van der Waals surface area (Å²) in [6, 6.07) is 6.54. The molecule has 1 heterocycles. The summed E-state index contributed by atoms with van der Waals surface area (Å²) in [6.07, 6.45) is 5.61. The van der Waals surface area contributed by atoms with E-state index in [0.29, 0.717) is 11.7 Å². The zero-order valence-corrected chi connectivity index (χ0v) is 11.2. The van der Waals surface area contributed by atoms with Crippen LogP contribution < -0.4 is 5.32 Å². The molecule has 18 heavy (non-hydrogen) atoms. The number of nitrogens with one attached hydrogen (secondary N) is 1. The Kier molecular flexibility index (Phi) is 4.33. The molecular formula is C15H21N3. The minimum atomic E-state index is 0.500. The second-order valence-corrected chi connectivity index (χ2v) is 5.25. The Hall–Kier alpha value is -1.40. The molecule has 3 unspecified atom stereocenters. The van der Waals surface area contributed by atoms with Crippen LogP contribution >= 0.6 is 0 Å². The second-order valence-electron chi connectivity index (χ2n) is 5.25. The summed E-state index contributed by atoms with van der Waals surface area (Å²) < 4.78 is 0. The number of rotatable bonds is 4. The predicted octanol–water partition coefficient (Wildman–Crippen LogP) is 2.87. The third-order valence-corrected chi connectivity index (χ3v) is 4.26. The van der Waals surface area contributed by atoms with Crippen LogP contribution in [-0.4, -0.2) is 11.0 Å². The van der Waals surface area contributed by atoms with Crippen LogP contribution in [0.2, 0.25) is 0 Å². The van der Waals surface area contributed by atoms with Gasteiger partial charge < -0.3 is 5.32 Å². The van der Waals surface area contributed by atoms with Crippen LogP contribution in [0.15, 0.2) is 18.3 Å². The van der Waals surface area contributed by atoms with Gasteiger partial charge in [0.2, 0.25) is 0 Å². The highest BCUT2D eigenvalue weighted by Gasteiger charge is 2.30. The van der Waals surface area contributed by atoms with Crippen molar-refractivity contribution >= 4 is 0 Å². The lowest BCUT2D eigenvalue weighted by Gasteiger charge is -2.21. The number of nitrogens with zero attached hydrogens (tertiary/aromatic N) is 2. The lowest BCUT2D eigenvalue weighted by Crippen LogP contribution is -2.32. The first-order valence-corrected chi connectivity index (χ1v) is 6.83. The van der Waals surface area contributed by atoms with Gasteiger partial charge in [-0.05, 0) is 42.4 Å². The van der Waals surface area contributed by atoms with Crippen molar-refractivity contribution in [2.24, 2.45) is 11.8 Å². The number of hydrogen-bond donors (Lipinski definition) is 1. The molecule has 96 valence electrons. The van der Waals surface area contributed by atoms with Gasteiger partial charge in [0.1, 0.15) is 11.8 Å². The maximum Gasteiger partial charge on any atom is 0.140 e. The average Bonchev–Trinajstić information content (AvgIpc) is 2.77. The zero-order valence-electron chi connectivity index (χ0n) is 11.2. The fourth-order valence-corrected chi connectivity index (χ4v) is 3.01. The Morgan fingerprint density at radius 3 is 3.00 bits per heavy atom. The van der Waals surface area contributed by atoms with Gasteiger partial charge in [0.05, 0.1) is 0 Å². The first-order chi connectivity index (χ1) is 8.74. The summed E-state index contributed by atoms with van der Waals surface area (Å²) in [5.74, 6) is 1.63. The Balaban J connectivity index is 1.90. The molecule has 1 N–H and O–H groups in total. The van der Waals surface area contributed by atoms with Gasteiger partial charge in [-0.3, -0.25) is 0 Å². The van der Waals surface area contributed by atoms with Gasteiger partial charge in [0.15, 0.2) is 0 Å². The Bertz CT molecular complexity index is 436. The molecule has 2 rings (SSSR count). The van der Waals surface area contributed by atoms with Gasteiger partial charge in [-0.15, -0.1) is 0 Å². The van der Waals surface area contributed by atoms with Crippen molar-refractivity contribution < 1.29 is 0 Å². The van der Waals surface area contributed by atoms with Crippen LogP contribution in [0.4, 0.5) is 0 Å². The van der Waals surface area contributed by atoms with Crippen LogP contribution in [0.1, 0.15) is 44.4 Å². The van der Waals surface area contributed by atoms with Crippen molar-refractivity contribution in [2.75, 3.05) is 0 Å². The quantitative estimate of drug-likeness (QED) is 0.884. The van der Waals surface area contributed by atoms with E-state index in [4.69, 9.17) is 5.26 Å². The standard InChI is InChI=1S/C15H21N3/c1-3-13-4-5-15(11(13)2)18-10-12-6-7-17-14(8-12)9-16/h6-8,11,13,15,18H,3-5,10H2,1-2H3. The van der Waals surface area contributed by atoms with E-state index < -0.39 is 0 Å². The van der Waals surface area contributed by atoms with Gasteiger partial charge in [0.25, 0.3) is 0 Å². The molecule has 0 spiro atoms. The monoisotopic (exact) mass is 243 g/mol. The molecule has 0 bridgehead atoms. The smallest absolute Gasteiger partial charge is 0.140 e. The van der Waals surface area contributed by atoms with E-state index in [1.54, 1.807) is 6.20 Å². The van der Waals surface area contributed by atoms with E-state index in [-0.39, 0.29) is 0 Å². The average molecular weight is 243 g/mol. The van der Waals surface area contributed by atoms with E-state index in [1.165, 1.54) is 19.3 Å². The molecule has 0 amide bonds. The Morgan fingerprint density at radius 2 is 2.33 bits per heavy atom. The minimum Gasteiger partial charge on any atom is -0.310 e. The lowest BCUT2D eigenvalue weighted by molar-refractivity contribution is 0.344. The van der Waals surface area contributed by atoms with Crippen molar-refractivity contribution in [2.45, 2.75) is 45.7 Å². The van der Waals surface area contributed by atoms with Crippen LogP contribution in [0.5, 0.6) is 0 Å². The van der Waals surface area contributed by atoms with Crippen LogP contribution in [-0.2, 0) is 6.54 Å². The number of aromatic nitrogens is 1. The highest BCUT2D eigenvalue weighted by molar-refractivity contribution is 5.25. The number of hydrogen-bond acceptors (Lipinski definition) is 3. The van der Waals surface area contributed by atoms with E-state index in [1.807, 2.05) is 12.1 Å². The van der Waals surface area contributed by atoms with Gasteiger partial charge in [-0.1, -0.05) is 20.3 Å². The second kappa shape index (κ2) is 5.97. The van der Waals surface area contributed by atoms with Crippen molar-refractivity contribution in [3.05, 3.63) is 29.6 Å². The van der Waals surface area contributed by atoms with Gasteiger partial charge in [-0.25, -0.2) is 4.98 Å². The highest BCUT2D eigenvalue weighted by Crippen LogP contribution is 2.33. The van der Waals surface area contributed by atoms with Crippen molar-refractivity contribution in [3.63, 3.8) is 0 Å². The molecule has 1 aliphatic rings.